The molecular weight excluding hydrogens is 274 g/mol. The van der Waals surface area contributed by atoms with Crippen LogP contribution in [0.4, 0.5) is 0 Å². The molecule has 0 aromatic rings. The molecule has 1 fully saturated rings. The van der Waals surface area contributed by atoms with Crippen molar-refractivity contribution in [2.24, 2.45) is 0 Å². The minimum absolute atomic E-state index is 0.147. The monoisotopic (exact) mass is 303 g/mol. The molecular formula is C15H29NO3S. The van der Waals surface area contributed by atoms with E-state index >= 15 is 0 Å². The van der Waals surface area contributed by atoms with E-state index in [0.29, 0.717) is 11.3 Å². The minimum atomic E-state index is -0.530. The third kappa shape index (κ3) is 6.46. The normalized spacial score (nSPS) is 19.4. The van der Waals surface area contributed by atoms with Crippen LogP contribution in [-0.2, 0) is 9.53 Å². The van der Waals surface area contributed by atoms with E-state index in [1.165, 1.54) is 20.0 Å². The van der Waals surface area contributed by atoms with E-state index in [0.717, 1.165) is 31.4 Å². The van der Waals surface area contributed by atoms with E-state index < -0.39 is 5.54 Å². The summed E-state index contributed by atoms with van der Waals surface area (Å²) in [7, 11) is 1.46. The van der Waals surface area contributed by atoms with Gasteiger partial charge < -0.3 is 9.84 Å². The first-order valence-electron chi connectivity index (χ1n) is 7.60. The van der Waals surface area contributed by atoms with Gasteiger partial charge in [0.15, 0.2) is 0 Å². The highest BCUT2D eigenvalue weighted by Crippen LogP contribution is 2.26. The zero-order valence-electron chi connectivity index (χ0n) is 13.0. The molecule has 0 radical (unpaired) electrons. The van der Waals surface area contributed by atoms with Crippen molar-refractivity contribution in [1.82, 2.24) is 5.32 Å². The van der Waals surface area contributed by atoms with Gasteiger partial charge in [-0.15, -0.1) is 0 Å². The number of carbonyl (C=O) groups is 1. The molecule has 4 nitrogen and oxygen atoms in total. The van der Waals surface area contributed by atoms with Crippen LogP contribution >= 0.6 is 11.8 Å². The van der Waals surface area contributed by atoms with Gasteiger partial charge in [-0.1, -0.05) is 13.3 Å². The maximum atomic E-state index is 11.9. The molecule has 118 valence electrons. The maximum absolute atomic E-state index is 11.9. The number of aliphatic hydroxyl groups is 1. The maximum Gasteiger partial charge on any atom is 0.325 e. The molecule has 1 aliphatic carbocycles. The van der Waals surface area contributed by atoms with Crippen molar-refractivity contribution in [2.75, 3.05) is 19.5 Å². The summed E-state index contributed by atoms with van der Waals surface area (Å²) in [5.41, 5.74) is -0.530. The zero-order chi connectivity index (χ0) is 15.0. The number of ether oxygens (including phenoxy) is 1. The fourth-order valence-electron chi connectivity index (χ4n) is 2.27. The molecule has 1 rings (SSSR count). The molecule has 0 amide bonds. The first-order valence-corrected chi connectivity index (χ1v) is 8.65. The predicted octanol–water partition coefficient (Wildman–Crippen LogP) is 2.34. The van der Waals surface area contributed by atoms with Gasteiger partial charge in [-0.2, -0.15) is 11.8 Å². The Morgan fingerprint density at radius 3 is 2.75 bits per heavy atom. The van der Waals surface area contributed by atoms with E-state index in [1.54, 1.807) is 0 Å². The molecule has 20 heavy (non-hydrogen) atoms. The highest BCUT2D eigenvalue weighted by Gasteiger charge is 2.38. The van der Waals surface area contributed by atoms with Gasteiger partial charge in [-0.05, 0) is 44.8 Å². The standard InChI is InChI=1S/C15H29NO3S/c1-12(8-10-17)20-11-5-4-9-15(2,14(18)19-3)16-13-6-7-13/h12-13,16-17H,4-11H2,1-3H3. The topological polar surface area (TPSA) is 58.6 Å². The van der Waals surface area contributed by atoms with Crippen LogP contribution < -0.4 is 5.32 Å². The first-order chi connectivity index (χ1) is 9.51. The molecule has 0 aliphatic heterocycles. The number of carbonyl (C=O) groups excluding carboxylic acids is 1. The number of thioether (sulfide) groups is 1. The zero-order valence-corrected chi connectivity index (χ0v) is 13.8. The summed E-state index contributed by atoms with van der Waals surface area (Å²) in [4.78, 5) is 11.9. The Labute approximate surface area is 127 Å². The van der Waals surface area contributed by atoms with Gasteiger partial charge in [0.1, 0.15) is 5.54 Å². The molecule has 5 heteroatoms. The molecule has 1 aliphatic rings. The van der Waals surface area contributed by atoms with Gasteiger partial charge in [0.25, 0.3) is 0 Å². The molecule has 0 aromatic carbocycles. The van der Waals surface area contributed by atoms with E-state index in [-0.39, 0.29) is 12.6 Å². The summed E-state index contributed by atoms with van der Waals surface area (Å²) in [5.74, 6) is 0.938. The average Bonchev–Trinajstić information content (AvgIpc) is 3.21. The number of nitrogens with one attached hydrogen (secondary N) is 1. The predicted molar refractivity (Wildman–Crippen MR) is 84.1 cm³/mol. The molecule has 0 heterocycles. The van der Waals surface area contributed by atoms with E-state index in [9.17, 15) is 4.79 Å². The van der Waals surface area contributed by atoms with Gasteiger partial charge >= 0.3 is 5.97 Å². The van der Waals surface area contributed by atoms with Crippen LogP contribution in [0.15, 0.2) is 0 Å². The Kier molecular flexibility index (Phi) is 7.92. The average molecular weight is 303 g/mol. The van der Waals surface area contributed by atoms with Crippen LogP contribution in [0.5, 0.6) is 0 Å². The quantitative estimate of drug-likeness (QED) is 0.453. The molecule has 2 unspecified atom stereocenters. The van der Waals surface area contributed by atoms with Crippen molar-refractivity contribution in [2.45, 2.75) is 69.2 Å². The lowest BCUT2D eigenvalue weighted by Gasteiger charge is -2.28. The van der Waals surface area contributed by atoms with Crippen molar-refractivity contribution in [3.63, 3.8) is 0 Å². The smallest absolute Gasteiger partial charge is 0.325 e. The lowest BCUT2D eigenvalue weighted by molar-refractivity contribution is -0.148. The van der Waals surface area contributed by atoms with Crippen molar-refractivity contribution < 1.29 is 14.6 Å². The number of esters is 1. The van der Waals surface area contributed by atoms with Crippen molar-refractivity contribution in [3.8, 4) is 0 Å². The summed E-state index contributed by atoms with van der Waals surface area (Å²) in [5, 5.41) is 12.8. The highest BCUT2D eigenvalue weighted by molar-refractivity contribution is 7.99. The molecule has 2 atom stereocenters. The van der Waals surface area contributed by atoms with E-state index in [4.69, 9.17) is 9.84 Å². The Morgan fingerprint density at radius 1 is 1.50 bits per heavy atom. The van der Waals surface area contributed by atoms with Gasteiger partial charge in [-0.25, -0.2) is 0 Å². The Hall–Kier alpha value is -0.260. The summed E-state index contributed by atoms with van der Waals surface area (Å²) >= 11 is 1.90. The fraction of sp³-hybridized carbons (Fsp3) is 0.933. The highest BCUT2D eigenvalue weighted by atomic mass is 32.2. The number of methoxy groups -OCH3 is 1. The Balaban J connectivity index is 2.23. The molecule has 2 N–H and O–H groups in total. The summed E-state index contributed by atoms with van der Waals surface area (Å²) in [6.07, 6.45) is 6.13. The second-order valence-corrected chi connectivity index (χ2v) is 7.44. The van der Waals surface area contributed by atoms with Gasteiger partial charge in [0, 0.05) is 17.9 Å². The van der Waals surface area contributed by atoms with Gasteiger partial charge in [-0.3, -0.25) is 10.1 Å². The van der Waals surface area contributed by atoms with Crippen molar-refractivity contribution in [3.05, 3.63) is 0 Å². The number of unbranched alkanes of at least 4 members (excludes halogenated alkanes) is 1. The third-order valence-corrected chi connectivity index (χ3v) is 5.07. The van der Waals surface area contributed by atoms with Crippen LogP contribution in [0.2, 0.25) is 0 Å². The molecule has 0 aromatic heterocycles. The third-order valence-electron chi connectivity index (χ3n) is 3.75. The van der Waals surface area contributed by atoms with Crippen molar-refractivity contribution in [1.29, 1.82) is 0 Å². The first kappa shape index (κ1) is 17.8. The van der Waals surface area contributed by atoms with Gasteiger partial charge in [0.05, 0.1) is 7.11 Å². The van der Waals surface area contributed by atoms with Crippen LogP contribution in [0, 0.1) is 0 Å². The van der Waals surface area contributed by atoms with Crippen LogP contribution in [0.3, 0.4) is 0 Å². The van der Waals surface area contributed by atoms with Crippen LogP contribution in [0.25, 0.3) is 0 Å². The summed E-state index contributed by atoms with van der Waals surface area (Å²) in [6.45, 7) is 4.37. The fourth-order valence-corrected chi connectivity index (χ4v) is 3.31. The number of rotatable bonds is 11. The number of hydrogen-bond acceptors (Lipinski definition) is 5. The van der Waals surface area contributed by atoms with Gasteiger partial charge in [0.2, 0.25) is 0 Å². The Morgan fingerprint density at radius 2 is 2.20 bits per heavy atom. The van der Waals surface area contributed by atoms with Crippen LogP contribution in [-0.4, -0.2) is 47.4 Å². The summed E-state index contributed by atoms with van der Waals surface area (Å²) in [6, 6.07) is 0.498. The van der Waals surface area contributed by atoms with Crippen LogP contribution in [0.1, 0.15) is 52.4 Å². The minimum Gasteiger partial charge on any atom is -0.468 e. The lowest BCUT2D eigenvalue weighted by atomic mass is 9.95. The van der Waals surface area contributed by atoms with E-state index in [2.05, 4.69) is 12.2 Å². The second kappa shape index (κ2) is 8.90. The molecule has 0 spiro atoms. The van der Waals surface area contributed by atoms with E-state index in [1.807, 2.05) is 18.7 Å². The van der Waals surface area contributed by atoms with Crippen molar-refractivity contribution >= 4 is 17.7 Å². The SMILES string of the molecule is COC(=O)C(C)(CCCCSC(C)CCO)NC1CC1. The number of aliphatic hydroxyl groups excluding tert-OH is 1. The Bertz CT molecular complexity index is 297. The molecule has 0 bridgehead atoms. The number of hydrogen-bond donors (Lipinski definition) is 2. The second-order valence-electron chi connectivity index (χ2n) is 5.89. The lowest BCUT2D eigenvalue weighted by Crippen LogP contribution is -2.51. The molecule has 0 saturated heterocycles. The molecule has 1 saturated carbocycles. The largest absolute Gasteiger partial charge is 0.468 e. The summed E-state index contributed by atoms with van der Waals surface area (Å²) < 4.78 is 4.94.